The standard InChI is InChI=1S/C18H17ClFNO3S/c1-25(23,24)16-8-3-2-7-15(16)17(22)21-10-9-18(20,12-21)13-5-4-6-14(19)11-13/h2-8,11H,9-10,12H2,1H3/t18-/m1/s1. The van der Waals surface area contributed by atoms with Gasteiger partial charge >= 0.3 is 0 Å². The molecule has 0 saturated carbocycles. The van der Waals surface area contributed by atoms with Gasteiger partial charge in [-0.3, -0.25) is 4.79 Å². The number of likely N-dealkylation sites (tertiary alicyclic amines) is 1. The number of benzene rings is 2. The summed E-state index contributed by atoms with van der Waals surface area (Å²) in [7, 11) is -3.55. The van der Waals surface area contributed by atoms with Gasteiger partial charge in [0, 0.05) is 24.2 Å². The molecule has 0 unspecified atom stereocenters. The SMILES string of the molecule is CS(=O)(=O)c1ccccc1C(=O)N1CC[C@](F)(c2cccc(Cl)c2)C1. The molecule has 0 bridgehead atoms. The molecule has 2 aromatic rings. The number of alkyl halides is 1. The van der Waals surface area contributed by atoms with E-state index in [-0.39, 0.29) is 30.0 Å². The monoisotopic (exact) mass is 381 g/mol. The lowest BCUT2D eigenvalue weighted by atomic mass is 9.95. The maximum Gasteiger partial charge on any atom is 0.255 e. The van der Waals surface area contributed by atoms with Crippen molar-refractivity contribution in [3.8, 4) is 0 Å². The van der Waals surface area contributed by atoms with E-state index in [1.54, 1.807) is 36.4 Å². The van der Waals surface area contributed by atoms with E-state index in [0.29, 0.717) is 10.6 Å². The number of carbonyl (C=O) groups is 1. The highest BCUT2D eigenvalue weighted by atomic mass is 35.5. The maximum absolute atomic E-state index is 15.3. The molecule has 4 nitrogen and oxygen atoms in total. The molecule has 1 aliphatic heterocycles. The van der Waals surface area contributed by atoms with E-state index in [9.17, 15) is 13.2 Å². The topological polar surface area (TPSA) is 54.5 Å². The Kier molecular flexibility index (Phi) is 4.60. The Morgan fingerprint density at radius 3 is 2.60 bits per heavy atom. The highest BCUT2D eigenvalue weighted by molar-refractivity contribution is 7.90. The van der Waals surface area contributed by atoms with Crippen molar-refractivity contribution in [2.24, 2.45) is 0 Å². The zero-order valence-corrected chi connectivity index (χ0v) is 15.1. The van der Waals surface area contributed by atoms with Crippen molar-refractivity contribution < 1.29 is 17.6 Å². The predicted octanol–water partition coefficient (Wildman–Crippen LogP) is 3.45. The molecule has 0 spiro atoms. The van der Waals surface area contributed by atoms with Crippen LogP contribution in [0.1, 0.15) is 22.3 Å². The fourth-order valence-corrected chi connectivity index (χ4v) is 4.16. The third-order valence-corrected chi connectivity index (χ3v) is 5.76. The summed E-state index contributed by atoms with van der Waals surface area (Å²) in [6, 6.07) is 12.5. The van der Waals surface area contributed by atoms with E-state index in [2.05, 4.69) is 0 Å². The van der Waals surface area contributed by atoms with E-state index >= 15 is 4.39 Å². The van der Waals surface area contributed by atoms with Gasteiger partial charge in [-0.1, -0.05) is 35.9 Å². The molecular formula is C18H17ClFNO3S. The van der Waals surface area contributed by atoms with Gasteiger partial charge in [0.25, 0.3) is 5.91 Å². The predicted molar refractivity (Wildman–Crippen MR) is 94.3 cm³/mol. The molecule has 1 fully saturated rings. The highest BCUT2D eigenvalue weighted by Crippen LogP contribution is 2.37. The molecule has 1 atom stereocenters. The quantitative estimate of drug-likeness (QED) is 0.818. The van der Waals surface area contributed by atoms with Crippen LogP contribution >= 0.6 is 11.6 Å². The number of carbonyl (C=O) groups excluding carboxylic acids is 1. The Labute approximate surface area is 151 Å². The van der Waals surface area contributed by atoms with Crippen LogP contribution in [0.4, 0.5) is 4.39 Å². The Morgan fingerprint density at radius 1 is 1.20 bits per heavy atom. The summed E-state index contributed by atoms with van der Waals surface area (Å²) in [5.41, 5.74) is -1.20. The summed E-state index contributed by atoms with van der Waals surface area (Å²) in [4.78, 5) is 14.1. The van der Waals surface area contributed by atoms with Crippen molar-refractivity contribution in [3.63, 3.8) is 0 Å². The lowest BCUT2D eigenvalue weighted by Gasteiger charge is -2.22. The van der Waals surface area contributed by atoms with Crippen LogP contribution in [0, 0.1) is 0 Å². The van der Waals surface area contributed by atoms with Crippen LogP contribution in [-0.2, 0) is 15.5 Å². The van der Waals surface area contributed by atoms with Gasteiger partial charge in [0.05, 0.1) is 17.0 Å². The molecule has 0 aromatic heterocycles. The van der Waals surface area contributed by atoms with Crippen molar-refractivity contribution in [3.05, 3.63) is 64.7 Å². The number of amides is 1. The zero-order valence-electron chi connectivity index (χ0n) is 13.6. The van der Waals surface area contributed by atoms with Crippen molar-refractivity contribution in [1.82, 2.24) is 4.90 Å². The fraction of sp³-hybridized carbons (Fsp3) is 0.278. The lowest BCUT2D eigenvalue weighted by molar-refractivity contribution is 0.0747. The van der Waals surface area contributed by atoms with Crippen LogP contribution in [0.3, 0.4) is 0 Å². The van der Waals surface area contributed by atoms with Crippen molar-refractivity contribution in [2.45, 2.75) is 17.0 Å². The summed E-state index contributed by atoms with van der Waals surface area (Å²) < 4.78 is 39.1. The first kappa shape index (κ1) is 17.9. The molecule has 1 saturated heterocycles. The van der Waals surface area contributed by atoms with Gasteiger partial charge < -0.3 is 4.90 Å². The molecule has 7 heteroatoms. The Hall–Kier alpha value is -1.92. The second kappa shape index (κ2) is 6.42. The Balaban J connectivity index is 1.89. The van der Waals surface area contributed by atoms with Gasteiger partial charge in [-0.15, -0.1) is 0 Å². The molecule has 0 aliphatic carbocycles. The van der Waals surface area contributed by atoms with Gasteiger partial charge in [0.1, 0.15) is 0 Å². The molecule has 0 radical (unpaired) electrons. The average Bonchev–Trinajstić information content (AvgIpc) is 2.97. The van der Waals surface area contributed by atoms with Crippen LogP contribution in [0.15, 0.2) is 53.4 Å². The molecular weight excluding hydrogens is 365 g/mol. The molecule has 1 amide bonds. The number of sulfone groups is 1. The molecule has 1 aliphatic rings. The molecule has 132 valence electrons. The van der Waals surface area contributed by atoms with E-state index in [1.165, 1.54) is 17.0 Å². The normalized spacial score (nSPS) is 20.7. The summed E-state index contributed by atoms with van der Waals surface area (Å²) >= 11 is 5.94. The van der Waals surface area contributed by atoms with Gasteiger partial charge in [-0.25, -0.2) is 12.8 Å². The second-order valence-corrected chi connectivity index (χ2v) is 8.64. The zero-order chi connectivity index (χ0) is 18.2. The van der Waals surface area contributed by atoms with Crippen LogP contribution in [0.25, 0.3) is 0 Å². The lowest BCUT2D eigenvalue weighted by Crippen LogP contribution is -2.33. The van der Waals surface area contributed by atoms with Crippen molar-refractivity contribution in [1.29, 1.82) is 0 Å². The van der Waals surface area contributed by atoms with Gasteiger partial charge in [0.15, 0.2) is 15.5 Å². The minimum Gasteiger partial charge on any atom is -0.335 e. The minimum absolute atomic E-state index is 0.0425. The summed E-state index contributed by atoms with van der Waals surface area (Å²) in [6.07, 6.45) is 1.19. The van der Waals surface area contributed by atoms with E-state index in [1.807, 2.05) is 0 Å². The third-order valence-electron chi connectivity index (χ3n) is 4.37. The minimum atomic E-state index is -3.55. The molecule has 3 rings (SSSR count). The summed E-state index contributed by atoms with van der Waals surface area (Å²) in [5.74, 6) is -0.484. The van der Waals surface area contributed by atoms with Gasteiger partial charge in [-0.05, 0) is 29.8 Å². The largest absolute Gasteiger partial charge is 0.335 e. The number of hydrogen-bond acceptors (Lipinski definition) is 3. The van der Waals surface area contributed by atoms with Gasteiger partial charge in [-0.2, -0.15) is 0 Å². The Morgan fingerprint density at radius 2 is 1.92 bits per heavy atom. The average molecular weight is 382 g/mol. The number of halogens is 2. The second-order valence-electron chi connectivity index (χ2n) is 6.22. The maximum atomic E-state index is 15.3. The first-order valence-corrected chi connectivity index (χ1v) is 10.0. The molecule has 25 heavy (non-hydrogen) atoms. The van der Waals surface area contributed by atoms with Crippen LogP contribution in [-0.4, -0.2) is 38.6 Å². The van der Waals surface area contributed by atoms with Crippen LogP contribution < -0.4 is 0 Å². The number of nitrogens with zero attached hydrogens (tertiary/aromatic N) is 1. The Bertz CT molecular complexity index is 931. The molecule has 1 heterocycles. The van der Waals surface area contributed by atoms with Crippen LogP contribution in [0.2, 0.25) is 5.02 Å². The van der Waals surface area contributed by atoms with E-state index < -0.39 is 21.4 Å². The van der Waals surface area contributed by atoms with Crippen LogP contribution in [0.5, 0.6) is 0 Å². The molecule has 2 aromatic carbocycles. The summed E-state index contributed by atoms with van der Waals surface area (Å²) in [5, 5.41) is 0.432. The van der Waals surface area contributed by atoms with E-state index in [0.717, 1.165) is 6.26 Å². The van der Waals surface area contributed by atoms with Crippen molar-refractivity contribution >= 4 is 27.3 Å². The van der Waals surface area contributed by atoms with E-state index in [4.69, 9.17) is 11.6 Å². The number of hydrogen-bond donors (Lipinski definition) is 0. The first-order chi connectivity index (χ1) is 11.7. The summed E-state index contributed by atoms with van der Waals surface area (Å²) in [6.45, 7) is 0.0736. The fourth-order valence-electron chi connectivity index (χ4n) is 3.09. The smallest absolute Gasteiger partial charge is 0.255 e. The first-order valence-electron chi connectivity index (χ1n) is 7.74. The van der Waals surface area contributed by atoms with Gasteiger partial charge in [0.2, 0.25) is 0 Å². The van der Waals surface area contributed by atoms with Crippen molar-refractivity contribution in [2.75, 3.05) is 19.3 Å². The highest BCUT2D eigenvalue weighted by Gasteiger charge is 2.42. The third kappa shape index (κ3) is 3.55. The number of rotatable bonds is 3. The molecule has 0 N–H and O–H groups in total.